The molecule has 0 spiro atoms. The topological polar surface area (TPSA) is 23.5 Å². The van der Waals surface area contributed by atoms with Gasteiger partial charge < -0.3 is 5.11 Å². The van der Waals surface area contributed by atoms with E-state index in [1.807, 2.05) is 0 Å². The first-order valence-electron chi connectivity index (χ1n) is 4.95. The number of hydrogen-bond donors (Lipinski definition) is 1. The van der Waals surface area contributed by atoms with Crippen molar-refractivity contribution in [2.45, 2.75) is 37.8 Å². The van der Waals surface area contributed by atoms with Gasteiger partial charge in [0.15, 0.2) is 0 Å². The molecule has 0 aromatic carbocycles. The summed E-state index contributed by atoms with van der Waals surface area (Å²) in [7, 11) is 0. The summed E-state index contributed by atoms with van der Waals surface area (Å²) in [5.74, 6) is 0. The van der Waals surface area contributed by atoms with E-state index < -0.39 is 0 Å². The second-order valence-electron chi connectivity index (χ2n) is 3.82. The fraction of sp³-hybridized carbons (Fsp3) is 0.800. The van der Waals surface area contributed by atoms with Gasteiger partial charge in [-0.3, -0.25) is 4.90 Å². The molecule has 1 saturated heterocycles. The van der Waals surface area contributed by atoms with Crippen molar-refractivity contribution >= 4 is 0 Å². The van der Waals surface area contributed by atoms with Crippen LogP contribution in [0.15, 0.2) is 12.2 Å². The molecule has 2 rings (SSSR count). The number of aliphatic hydroxyl groups excluding tert-OH is 1. The number of likely N-dealkylation sites (tertiary alicyclic amines) is 1. The first-order valence-corrected chi connectivity index (χ1v) is 4.95. The van der Waals surface area contributed by atoms with Crippen molar-refractivity contribution < 1.29 is 5.11 Å². The zero-order valence-electron chi connectivity index (χ0n) is 7.45. The summed E-state index contributed by atoms with van der Waals surface area (Å²) in [6.45, 7) is 2.38. The third-order valence-corrected chi connectivity index (χ3v) is 2.98. The zero-order chi connectivity index (χ0) is 8.39. The quantitative estimate of drug-likeness (QED) is 0.592. The summed E-state index contributed by atoms with van der Waals surface area (Å²) in [5, 5.41) is 9.74. The van der Waals surface area contributed by atoms with Crippen molar-refractivity contribution in [3.8, 4) is 0 Å². The molecule has 1 aliphatic carbocycles. The van der Waals surface area contributed by atoms with Crippen LogP contribution in [0.25, 0.3) is 0 Å². The maximum absolute atomic E-state index is 9.74. The van der Waals surface area contributed by atoms with Crippen LogP contribution < -0.4 is 0 Å². The minimum absolute atomic E-state index is 0.118. The third kappa shape index (κ3) is 1.54. The zero-order valence-corrected chi connectivity index (χ0v) is 7.45. The Hall–Kier alpha value is -0.340. The molecule has 0 bridgehead atoms. The predicted octanol–water partition coefficient (Wildman–Crippen LogP) is 1.16. The van der Waals surface area contributed by atoms with Crippen molar-refractivity contribution in [3.63, 3.8) is 0 Å². The molecule has 1 N–H and O–H groups in total. The van der Waals surface area contributed by atoms with E-state index in [0.29, 0.717) is 6.04 Å². The molecule has 12 heavy (non-hydrogen) atoms. The van der Waals surface area contributed by atoms with Gasteiger partial charge in [-0.05, 0) is 38.8 Å². The molecule has 0 amide bonds. The van der Waals surface area contributed by atoms with Crippen molar-refractivity contribution in [2.24, 2.45) is 0 Å². The average molecular weight is 167 g/mol. The van der Waals surface area contributed by atoms with Crippen molar-refractivity contribution in [1.29, 1.82) is 0 Å². The Bertz CT molecular complexity index is 173. The first-order chi connectivity index (χ1) is 5.88. The van der Waals surface area contributed by atoms with Crippen LogP contribution in [0, 0.1) is 0 Å². The molecule has 1 heterocycles. The molecule has 1 fully saturated rings. The van der Waals surface area contributed by atoms with Gasteiger partial charge in [0.2, 0.25) is 0 Å². The molecule has 0 aromatic heterocycles. The Kier molecular flexibility index (Phi) is 2.47. The summed E-state index contributed by atoms with van der Waals surface area (Å²) in [6, 6.07) is 0.414. The average Bonchev–Trinajstić information content (AvgIpc) is 2.57. The monoisotopic (exact) mass is 167 g/mol. The summed E-state index contributed by atoms with van der Waals surface area (Å²) in [5.41, 5.74) is 0. The van der Waals surface area contributed by atoms with Gasteiger partial charge in [-0.25, -0.2) is 0 Å². The molecule has 2 heteroatoms. The fourth-order valence-electron chi connectivity index (χ4n) is 2.25. The molecule has 1 aliphatic heterocycles. The third-order valence-electron chi connectivity index (χ3n) is 2.98. The van der Waals surface area contributed by atoms with Gasteiger partial charge >= 0.3 is 0 Å². The standard InChI is InChI=1S/C10H17NO/c12-10-6-2-1-5-9(10)11-7-3-4-8-11/h1-2,9-10,12H,3-8H2. The minimum atomic E-state index is -0.118. The van der Waals surface area contributed by atoms with Crippen LogP contribution >= 0.6 is 0 Å². The molecular weight excluding hydrogens is 150 g/mol. The highest BCUT2D eigenvalue weighted by molar-refractivity contribution is 4.99. The van der Waals surface area contributed by atoms with E-state index in [-0.39, 0.29) is 6.10 Å². The van der Waals surface area contributed by atoms with Gasteiger partial charge in [-0.2, -0.15) is 0 Å². The Morgan fingerprint density at radius 3 is 2.42 bits per heavy atom. The van der Waals surface area contributed by atoms with Gasteiger partial charge in [0.25, 0.3) is 0 Å². The molecule has 0 radical (unpaired) electrons. The van der Waals surface area contributed by atoms with Crippen molar-refractivity contribution in [2.75, 3.05) is 13.1 Å². The number of hydrogen-bond acceptors (Lipinski definition) is 2. The van der Waals surface area contributed by atoms with Gasteiger partial charge in [0, 0.05) is 6.04 Å². The molecular formula is C10H17NO. The molecule has 2 atom stereocenters. The van der Waals surface area contributed by atoms with Crippen molar-refractivity contribution in [3.05, 3.63) is 12.2 Å². The van der Waals surface area contributed by atoms with E-state index in [2.05, 4.69) is 17.1 Å². The Labute approximate surface area is 73.9 Å². The van der Waals surface area contributed by atoms with Crippen LogP contribution in [0.2, 0.25) is 0 Å². The van der Waals surface area contributed by atoms with Crippen LogP contribution in [0.4, 0.5) is 0 Å². The highest BCUT2D eigenvalue weighted by Crippen LogP contribution is 2.21. The second-order valence-corrected chi connectivity index (χ2v) is 3.82. The smallest absolute Gasteiger partial charge is 0.0732 e. The molecule has 2 unspecified atom stereocenters. The van der Waals surface area contributed by atoms with Crippen LogP contribution in [0.5, 0.6) is 0 Å². The summed E-state index contributed by atoms with van der Waals surface area (Å²) in [6.07, 6.45) is 8.70. The van der Waals surface area contributed by atoms with E-state index in [1.165, 1.54) is 25.9 Å². The predicted molar refractivity (Wildman–Crippen MR) is 49.0 cm³/mol. The molecule has 0 saturated carbocycles. The number of aliphatic hydroxyl groups is 1. The van der Waals surface area contributed by atoms with E-state index in [4.69, 9.17) is 0 Å². The lowest BCUT2D eigenvalue weighted by molar-refractivity contribution is 0.0608. The Morgan fingerprint density at radius 2 is 1.75 bits per heavy atom. The molecule has 0 aromatic rings. The molecule has 68 valence electrons. The van der Waals surface area contributed by atoms with Gasteiger partial charge in [0.05, 0.1) is 6.10 Å². The minimum Gasteiger partial charge on any atom is -0.391 e. The largest absolute Gasteiger partial charge is 0.391 e. The maximum Gasteiger partial charge on any atom is 0.0732 e. The van der Waals surface area contributed by atoms with E-state index in [1.54, 1.807) is 0 Å². The first kappa shape index (κ1) is 8.27. The lowest BCUT2D eigenvalue weighted by atomic mass is 9.97. The van der Waals surface area contributed by atoms with Crippen LogP contribution in [0.1, 0.15) is 25.7 Å². The SMILES string of the molecule is OC1CC=CCC1N1CCCC1. The lowest BCUT2D eigenvalue weighted by Gasteiger charge is -2.32. The summed E-state index contributed by atoms with van der Waals surface area (Å²) >= 11 is 0. The van der Waals surface area contributed by atoms with Gasteiger partial charge in [-0.1, -0.05) is 12.2 Å². The van der Waals surface area contributed by atoms with Crippen LogP contribution in [-0.2, 0) is 0 Å². The highest BCUT2D eigenvalue weighted by Gasteiger charge is 2.27. The van der Waals surface area contributed by atoms with E-state index in [9.17, 15) is 5.11 Å². The van der Waals surface area contributed by atoms with Gasteiger partial charge in [-0.15, -0.1) is 0 Å². The molecule has 2 nitrogen and oxygen atoms in total. The summed E-state index contributed by atoms with van der Waals surface area (Å²) < 4.78 is 0. The van der Waals surface area contributed by atoms with Gasteiger partial charge in [0.1, 0.15) is 0 Å². The normalized spacial score (nSPS) is 37.4. The van der Waals surface area contributed by atoms with Crippen LogP contribution in [-0.4, -0.2) is 35.2 Å². The fourth-order valence-corrected chi connectivity index (χ4v) is 2.25. The van der Waals surface area contributed by atoms with Crippen LogP contribution in [0.3, 0.4) is 0 Å². The Morgan fingerprint density at radius 1 is 1.08 bits per heavy atom. The number of rotatable bonds is 1. The maximum atomic E-state index is 9.74. The highest BCUT2D eigenvalue weighted by atomic mass is 16.3. The van der Waals surface area contributed by atoms with E-state index in [0.717, 1.165) is 12.8 Å². The second kappa shape index (κ2) is 3.58. The van der Waals surface area contributed by atoms with Crippen molar-refractivity contribution in [1.82, 2.24) is 4.90 Å². The number of nitrogens with zero attached hydrogens (tertiary/aromatic N) is 1. The molecule has 2 aliphatic rings. The lowest BCUT2D eigenvalue weighted by Crippen LogP contribution is -2.42. The summed E-state index contributed by atoms with van der Waals surface area (Å²) in [4.78, 5) is 2.44. The Balaban J connectivity index is 1.96. The van der Waals surface area contributed by atoms with E-state index >= 15 is 0 Å².